The summed E-state index contributed by atoms with van der Waals surface area (Å²) in [7, 11) is 1.54. The number of halogens is 3. The Morgan fingerprint density at radius 1 is 1.24 bits per heavy atom. The highest BCUT2D eigenvalue weighted by Gasteiger charge is 2.25. The van der Waals surface area contributed by atoms with Gasteiger partial charge in [-0.05, 0) is 36.9 Å². The number of carbonyl (C=O) groups is 2. The van der Waals surface area contributed by atoms with Crippen LogP contribution in [0.5, 0.6) is 0 Å². The van der Waals surface area contributed by atoms with Crippen molar-refractivity contribution in [1.29, 1.82) is 0 Å². The van der Waals surface area contributed by atoms with Crippen LogP contribution < -0.4 is 11.1 Å². The van der Waals surface area contributed by atoms with Gasteiger partial charge in [-0.25, -0.2) is 4.39 Å². The molecule has 132 valence electrons. The molecule has 3 N–H and O–H groups in total. The van der Waals surface area contributed by atoms with Gasteiger partial charge >= 0.3 is 0 Å². The highest BCUT2D eigenvalue weighted by molar-refractivity contribution is 6.44. The lowest BCUT2D eigenvalue weighted by molar-refractivity contribution is -0.124. The van der Waals surface area contributed by atoms with Crippen molar-refractivity contribution in [1.82, 2.24) is 4.90 Å². The van der Waals surface area contributed by atoms with E-state index in [1.165, 1.54) is 23.1 Å². The van der Waals surface area contributed by atoms with Crippen molar-refractivity contribution in [2.75, 3.05) is 18.9 Å². The Morgan fingerprint density at radius 3 is 2.56 bits per heavy atom. The number of likely N-dealkylation sites (N-methyl/N-ethyl adjacent to an activating group) is 1. The molecule has 2 aromatic rings. The van der Waals surface area contributed by atoms with Crippen LogP contribution in [0.1, 0.15) is 11.6 Å². The van der Waals surface area contributed by atoms with E-state index in [0.29, 0.717) is 16.3 Å². The third-order valence-corrected chi connectivity index (χ3v) is 4.31. The summed E-state index contributed by atoms with van der Waals surface area (Å²) < 4.78 is 13.4. The van der Waals surface area contributed by atoms with Gasteiger partial charge in [-0.1, -0.05) is 41.4 Å². The number of amides is 2. The number of hydrogen-bond donors (Lipinski definition) is 2. The average Bonchev–Trinajstić information content (AvgIpc) is 2.51. The van der Waals surface area contributed by atoms with E-state index in [1.807, 2.05) is 0 Å². The molecule has 1 atom stereocenters. The number of nitrogens with one attached hydrogen (secondary N) is 1. The van der Waals surface area contributed by atoms with Gasteiger partial charge in [-0.2, -0.15) is 0 Å². The van der Waals surface area contributed by atoms with Gasteiger partial charge in [-0.15, -0.1) is 0 Å². The van der Waals surface area contributed by atoms with Crippen molar-refractivity contribution in [3.05, 3.63) is 63.9 Å². The van der Waals surface area contributed by atoms with E-state index < -0.39 is 23.7 Å². The SMILES string of the molecule is CN(CC(=O)Nc1cccc(Cl)c1Cl)C(C(N)=O)c1cccc(F)c1. The molecule has 5 nitrogen and oxygen atoms in total. The Labute approximate surface area is 154 Å². The number of nitrogens with zero attached hydrogens (tertiary/aromatic N) is 1. The molecule has 0 heterocycles. The topological polar surface area (TPSA) is 75.4 Å². The Morgan fingerprint density at radius 2 is 1.92 bits per heavy atom. The van der Waals surface area contributed by atoms with Crippen molar-refractivity contribution in [3.63, 3.8) is 0 Å². The number of hydrogen-bond acceptors (Lipinski definition) is 3. The van der Waals surface area contributed by atoms with Gasteiger partial charge in [0.25, 0.3) is 0 Å². The maximum atomic E-state index is 13.4. The monoisotopic (exact) mass is 383 g/mol. The van der Waals surface area contributed by atoms with Crippen molar-refractivity contribution >= 4 is 40.7 Å². The number of benzene rings is 2. The van der Waals surface area contributed by atoms with Crippen LogP contribution in [0.3, 0.4) is 0 Å². The number of primary amides is 1. The fourth-order valence-electron chi connectivity index (χ4n) is 2.42. The first-order valence-electron chi connectivity index (χ1n) is 7.28. The Hall–Kier alpha value is -2.15. The van der Waals surface area contributed by atoms with E-state index in [4.69, 9.17) is 28.9 Å². The molecule has 2 aromatic carbocycles. The zero-order chi connectivity index (χ0) is 18.6. The first-order chi connectivity index (χ1) is 11.8. The van der Waals surface area contributed by atoms with Crippen LogP contribution >= 0.6 is 23.2 Å². The summed E-state index contributed by atoms with van der Waals surface area (Å²) in [6.45, 7) is -0.160. The molecule has 0 aliphatic carbocycles. The summed E-state index contributed by atoms with van der Waals surface area (Å²) in [5.41, 5.74) is 6.14. The molecule has 1 unspecified atom stereocenters. The second-order valence-electron chi connectivity index (χ2n) is 5.42. The van der Waals surface area contributed by atoms with E-state index >= 15 is 0 Å². The van der Waals surface area contributed by atoms with Gasteiger partial charge in [0.05, 0.1) is 22.3 Å². The molecular formula is C17H16Cl2FN3O2. The standard InChI is InChI=1S/C17H16Cl2FN3O2/c1-23(16(17(21)25)10-4-2-5-11(20)8-10)9-14(24)22-13-7-3-6-12(18)15(13)19/h2-8,16H,9H2,1H3,(H2,21,25)(H,22,24). The van der Waals surface area contributed by atoms with Crippen LogP contribution in [0.25, 0.3) is 0 Å². The van der Waals surface area contributed by atoms with Gasteiger partial charge in [0.1, 0.15) is 11.9 Å². The molecule has 0 aliphatic heterocycles. The fraction of sp³-hybridized carbons (Fsp3) is 0.176. The third kappa shape index (κ3) is 4.92. The Bertz CT molecular complexity index is 801. The lowest BCUT2D eigenvalue weighted by Gasteiger charge is -2.25. The van der Waals surface area contributed by atoms with E-state index in [0.717, 1.165) is 0 Å². The lowest BCUT2D eigenvalue weighted by Crippen LogP contribution is -2.39. The molecule has 8 heteroatoms. The minimum Gasteiger partial charge on any atom is -0.368 e. The zero-order valence-corrected chi connectivity index (χ0v) is 14.8. The minimum absolute atomic E-state index is 0.160. The second kappa shape index (κ2) is 8.29. The fourth-order valence-corrected chi connectivity index (χ4v) is 2.77. The summed E-state index contributed by atoms with van der Waals surface area (Å²) >= 11 is 11.9. The maximum Gasteiger partial charge on any atom is 0.239 e. The van der Waals surface area contributed by atoms with Crippen LogP contribution in [0, 0.1) is 5.82 Å². The minimum atomic E-state index is -0.948. The zero-order valence-electron chi connectivity index (χ0n) is 13.3. The number of anilines is 1. The highest BCUT2D eigenvalue weighted by atomic mass is 35.5. The van der Waals surface area contributed by atoms with Crippen LogP contribution in [-0.2, 0) is 9.59 Å². The average molecular weight is 384 g/mol. The molecule has 2 amide bonds. The van der Waals surface area contributed by atoms with Crippen LogP contribution in [0.15, 0.2) is 42.5 Å². The number of carbonyl (C=O) groups excluding carboxylic acids is 2. The molecule has 0 aromatic heterocycles. The van der Waals surface area contributed by atoms with Gasteiger partial charge in [0.2, 0.25) is 11.8 Å². The van der Waals surface area contributed by atoms with Crippen molar-refractivity contribution < 1.29 is 14.0 Å². The molecule has 25 heavy (non-hydrogen) atoms. The van der Waals surface area contributed by atoms with E-state index in [-0.39, 0.29) is 11.6 Å². The summed E-state index contributed by atoms with van der Waals surface area (Å²) in [4.78, 5) is 25.4. The van der Waals surface area contributed by atoms with Crippen LogP contribution in [0.2, 0.25) is 10.0 Å². The summed E-state index contributed by atoms with van der Waals surface area (Å²) in [6, 6.07) is 9.40. The van der Waals surface area contributed by atoms with Crippen molar-refractivity contribution in [3.8, 4) is 0 Å². The summed E-state index contributed by atoms with van der Waals surface area (Å²) in [5.74, 6) is -1.61. The van der Waals surface area contributed by atoms with Crippen molar-refractivity contribution in [2.24, 2.45) is 5.73 Å². The summed E-state index contributed by atoms with van der Waals surface area (Å²) in [6.07, 6.45) is 0. The predicted molar refractivity (Wildman–Crippen MR) is 96.1 cm³/mol. The molecule has 0 aliphatic rings. The van der Waals surface area contributed by atoms with Crippen LogP contribution in [0.4, 0.5) is 10.1 Å². The number of rotatable bonds is 6. The Kier molecular flexibility index (Phi) is 6.36. The molecule has 0 saturated carbocycles. The van der Waals surface area contributed by atoms with Gasteiger partial charge < -0.3 is 11.1 Å². The predicted octanol–water partition coefficient (Wildman–Crippen LogP) is 3.23. The van der Waals surface area contributed by atoms with Gasteiger partial charge in [0, 0.05) is 0 Å². The number of nitrogens with two attached hydrogens (primary N) is 1. The van der Waals surface area contributed by atoms with E-state index in [2.05, 4.69) is 5.32 Å². The smallest absolute Gasteiger partial charge is 0.239 e. The first kappa shape index (κ1) is 19.2. The van der Waals surface area contributed by atoms with Gasteiger partial charge in [0.15, 0.2) is 0 Å². The largest absolute Gasteiger partial charge is 0.368 e. The Balaban J connectivity index is 2.12. The second-order valence-corrected chi connectivity index (χ2v) is 6.21. The highest BCUT2D eigenvalue weighted by Crippen LogP contribution is 2.29. The molecule has 0 bridgehead atoms. The first-order valence-corrected chi connectivity index (χ1v) is 8.04. The van der Waals surface area contributed by atoms with Gasteiger partial charge in [-0.3, -0.25) is 14.5 Å². The molecule has 2 rings (SSSR count). The molecule has 0 saturated heterocycles. The molecule has 0 spiro atoms. The quantitative estimate of drug-likeness (QED) is 0.803. The summed E-state index contributed by atoms with van der Waals surface area (Å²) in [5, 5.41) is 3.14. The van der Waals surface area contributed by atoms with Crippen LogP contribution in [-0.4, -0.2) is 30.3 Å². The maximum absolute atomic E-state index is 13.4. The third-order valence-electron chi connectivity index (χ3n) is 3.49. The molecule has 0 radical (unpaired) electrons. The molecule has 0 fully saturated rings. The lowest BCUT2D eigenvalue weighted by atomic mass is 10.0. The molecular weight excluding hydrogens is 368 g/mol. The normalized spacial score (nSPS) is 12.0. The van der Waals surface area contributed by atoms with E-state index in [9.17, 15) is 14.0 Å². The van der Waals surface area contributed by atoms with E-state index in [1.54, 1.807) is 31.3 Å². The van der Waals surface area contributed by atoms with Crippen molar-refractivity contribution in [2.45, 2.75) is 6.04 Å².